The maximum atomic E-state index is 13.8. The molecule has 2 aromatic carbocycles. The van der Waals surface area contributed by atoms with Crippen molar-refractivity contribution < 1.29 is 13.9 Å². The van der Waals surface area contributed by atoms with Crippen LogP contribution in [0.3, 0.4) is 0 Å². The molecular weight excluding hydrogens is 317 g/mol. The zero-order valence-corrected chi connectivity index (χ0v) is 14.1. The van der Waals surface area contributed by atoms with Gasteiger partial charge in [-0.3, -0.25) is 4.79 Å². The SMILES string of the molecule is Cc1ccc(C(C)C)c(OCC(=O)Nc2cccc(Cl)c2F)c1. The van der Waals surface area contributed by atoms with Gasteiger partial charge < -0.3 is 10.1 Å². The zero-order chi connectivity index (χ0) is 17.0. The second-order valence-electron chi connectivity index (χ2n) is 5.63. The number of anilines is 1. The highest BCUT2D eigenvalue weighted by molar-refractivity contribution is 6.31. The highest BCUT2D eigenvalue weighted by Gasteiger charge is 2.12. The van der Waals surface area contributed by atoms with Crippen LogP contribution in [-0.4, -0.2) is 12.5 Å². The molecule has 0 atom stereocenters. The maximum absolute atomic E-state index is 13.8. The van der Waals surface area contributed by atoms with E-state index < -0.39 is 11.7 Å². The Hall–Kier alpha value is -2.07. The van der Waals surface area contributed by atoms with Gasteiger partial charge in [0.1, 0.15) is 5.75 Å². The number of hydrogen-bond donors (Lipinski definition) is 1. The lowest BCUT2D eigenvalue weighted by Gasteiger charge is -2.15. The van der Waals surface area contributed by atoms with E-state index in [0.29, 0.717) is 5.75 Å². The Balaban J connectivity index is 2.05. The van der Waals surface area contributed by atoms with Crippen LogP contribution in [0.1, 0.15) is 30.9 Å². The van der Waals surface area contributed by atoms with E-state index in [-0.39, 0.29) is 23.2 Å². The van der Waals surface area contributed by atoms with E-state index in [1.54, 1.807) is 6.07 Å². The predicted octanol–water partition coefficient (Wildman–Crippen LogP) is 4.93. The van der Waals surface area contributed by atoms with E-state index in [0.717, 1.165) is 11.1 Å². The number of benzene rings is 2. The van der Waals surface area contributed by atoms with Crippen LogP contribution in [0.5, 0.6) is 5.75 Å². The minimum absolute atomic E-state index is 0.0375. The van der Waals surface area contributed by atoms with E-state index in [1.807, 2.05) is 25.1 Å². The van der Waals surface area contributed by atoms with Crippen LogP contribution in [-0.2, 0) is 4.79 Å². The lowest BCUT2D eigenvalue weighted by atomic mass is 10.0. The number of amides is 1. The number of carbonyl (C=O) groups is 1. The first-order valence-electron chi connectivity index (χ1n) is 7.35. The Labute approximate surface area is 140 Å². The molecule has 0 unspecified atom stereocenters. The number of nitrogens with one attached hydrogen (secondary N) is 1. The molecule has 2 rings (SSSR count). The summed E-state index contributed by atoms with van der Waals surface area (Å²) in [4.78, 5) is 12.0. The number of halogens is 2. The molecule has 0 aromatic heterocycles. The van der Waals surface area contributed by atoms with Gasteiger partial charge in [0.2, 0.25) is 0 Å². The molecule has 0 saturated carbocycles. The summed E-state index contributed by atoms with van der Waals surface area (Å²) in [7, 11) is 0. The molecule has 5 heteroatoms. The first-order valence-corrected chi connectivity index (χ1v) is 7.73. The van der Waals surface area contributed by atoms with Crippen molar-refractivity contribution in [1.29, 1.82) is 0 Å². The minimum Gasteiger partial charge on any atom is -0.483 e. The fourth-order valence-corrected chi connectivity index (χ4v) is 2.35. The fourth-order valence-electron chi connectivity index (χ4n) is 2.17. The van der Waals surface area contributed by atoms with Gasteiger partial charge >= 0.3 is 0 Å². The van der Waals surface area contributed by atoms with Crippen LogP contribution in [0.25, 0.3) is 0 Å². The summed E-state index contributed by atoms with van der Waals surface area (Å²) in [6, 6.07) is 10.3. The smallest absolute Gasteiger partial charge is 0.262 e. The maximum Gasteiger partial charge on any atom is 0.262 e. The molecule has 1 amide bonds. The number of rotatable bonds is 5. The number of carbonyl (C=O) groups excluding carboxylic acids is 1. The molecule has 0 spiro atoms. The van der Waals surface area contributed by atoms with Gasteiger partial charge in [-0.15, -0.1) is 0 Å². The molecule has 0 radical (unpaired) electrons. The molecule has 0 bridgehead atoms. The first-order chi connectivity index (χ1) is 10.9. The van der Waals surface area contributed by atoms with Crippen LogP contribution in [0, 0.1) is 12.7 Å². The number of hydrogen-bond acceptors (Lipinski definition) is 2. The summed E-state index contributed by atoms with van der Waals surface area (Å²) in [5.74, 6) is -0.149. The summed E-state index contributed by atoms with van der Waals surface area (Å²) in [6.45, 7) is 5.87. The van der Waals surface area contributed by atoms with Crippen molar-refractivity contribution in [3.05, 3.63) is 58.4 Å². The highest BCUT2D eigenvalue weighted by atomic mass is 35.5. The molecular formula is C18H19ClFNO2. The molecule has 0 aliphatic carbocycles. The molecule has 0 aliphatic rings. The third-order valence-corrected chi connectivity index (χ3v) is 3.67. The average molecular weight is 336 g/mol. The highest BCUT2D eigenvalue weighted by Crippen LogP contribution is 2.27. The summed E-state index contributed by atoms with van der Waals surface area (Å²) in [6.07, 6.45) is 0. The number of ether oxygens (including phenoxy) is 1. The van der Waals surface area contributed by atoms with Crippen molar-refractivity contribution >= 4 is 23.2 Å². The fraction of sp³-hybridized carbons (Fsp3) is 0.278. The van der Waals surface area contributed by atoms with Crippen LogP contribution in [0.15, 0.2) is 36.4 Å². The van der Waals surface area contributed by atoms with Gasteiger partial charge in [-0.25, -0.2) is 4.39 Å². The zero-order valence-electron chi connectivity index (χ0n) is 13.3. The van der Waals surface area contributed by atoms with Gasteiger partial charge in [-0.2, -0.15) is 0 Å². The molecule has 0 aliphatic heterocycles. The summed E-state index contributed by atoms with van der Waals surface area (Å²) in [5.41, 5.74) is 2.11. The summed E-state index contributed by atoms with van der Waals surface area (Å²) < 4.78 is 19.4. The Morgan fingerprint density at radius 3 is 2.74 bits per heavy atom. The van der Waals surface area contributed by atoms with Gasteiger partial charge in [0, 0.05) is 0 Å². The van der Waals surface area contributed by atoms with Crippen LogP contribution >= 0.6 is 11.6 Å². The first kappa shape index (κ1) is 17.3. The Morgan fingerprint density at radius 2 is 2.04 bits per heavy atom. The van der Waals surface area contributed by atoms with Crippen molar-refractivity contribution in [1.82, 2.24) is 0 Å². The summed E-state index contributed by atoms with van der Waals surface area (Å²) in [5, 5.41) is 2.42. The van der Waals surface area contributed by atoms with E-state index in [2.05, 4.69) is 19.2 Å². The van der Waals surface area contributed by atoms with Crippen molar-refractivity contribution in [3.63, 3.8) is 0 Å². The quantitative estimate of drug-likeness (QED) is 0.841. The second-order valence-corrected chi connectivity index (χ2v) is 6.04. The third kappa shape index (κ3) is 4.45. The van der Waals surface area contributed by atoms with E-state index in [1.165, 1.54) is 12.1 Å². The van der Waals surface area contributed by atoms with Crippen molar-refractivity contribution in [2.45, 2.75) is 26.7 Å². The normalized spacial score (nSPS) is 10.7. The lowest BCUT2D eigenvalue weighted by molar-refractivity contribution is -0.118. The van der Waals surface area contributed by atoms with E-state index in [4.69, 9.17) is 16.3 Å². The standard InChI is InChI=1S/C18H19ClFNO2/c1-11(2)13-8-7-12(3)9-16(13)23-10-17(22)21-15-6-4-5-14(19)18(15)20/h4-9,11H,10H2,1-3H3,(H,21,22). The Morgan fingerprint density at radius 1 is 1.30 bits per heavy atom. The monoisotopic (exact) mass is 335 g/mol. The molecule has 3 nitrogen and oxygen atoms in total. The van der Waals surface area contributed by atoms with Crippen LogP contribution in [0.2, 0.25) is 5.02 Å². The van der Waals surface area contributed by atoms with Gasteiger partial charge in [0.15, 0.2) is 12.4 Å². The van der Waals surface area contributed by atoms with Crippen molar-refractivity contribution in [2.75, 3.05) is 11.9 Å². The van der Waals surface area contributed by atoms with Gasteiger partial charge in [-0.05, 0) is 42.2 Å². The molecule has 0 fully saturated rings. The molecule has 0 heterocycles. The predicted molar refractivity (Wildman–Crippen MR) is 90.8 cm³/mol. The van der Waals surface area contributed by atoms with Gasteiger partial charge in [0.05, 0.1) is 10.7 Å². The van der Waals surface area contributed by atoms with E-state index in [9.17, 15) is 9.18 Å². The van der Waals surface area contributed by atoms with E-state index >= 15 is 0 Å². The molecule has 1 N–H and O–H groups in total. The average Bonchev–Trinajstić information content (AvgIpc) is 2.49. The number of aryl methyl sites for hydroxylation is 1. The molecule has 122 valence electrons. The molecule has 23 heavy (non-hydrogen) atoms. The lowest BCUT2D eigenvalue weighted by Crippen LogP contribution is -2.21. The van der Waals surface area contributed by atoms with Crippen molar-refractivity contribution in [3.8, 4) is 5.75 Å². The second kappa shape index (κ2) is 7.47. The topological polar surface area (TPSA) is 38.3 Å². The summed E-state index contributed by atoms with van der Waals surface area (Å²) >= 11 is 5.69. The van der Waals surface area contributed by atoms with Crippen LogP contribution in [0.4, 0.5) is 10.1 Å². The van der Waals surface area contributed by atoms with Gasteiger partial charge in [-0.1, -0.05) is 43.6 Å². The Bertz CT molecular complexity index is 716. The minimum atomic E-state index is -0.652. The largest absolute Gasteiger partial charge is 0.483 e. The third-order valence-electron chi connectivity index (χ3n) is 3.38. The van der Waals surface area contributed by atoms with Crippen LogP contribution < -0.4 is 10.1 Å². The molecule has 0 saturated heterocycles. The van der Waals surface area contributed by atoms with Gasteiger partial charge in [0.25, 0.3) is 5.91 Å². The Kier molecular flexibility index (Phi) is 5.61. The van der Waals surface area contributed by atoms with Crippen molar-refractivity contribution in [2.24, 2.45) is 0 Å². The molecule has 2 aromatic rings.